The predicted molar refractivity (Wildman–Crippen MR) is 63.4 cm³/mol. The third kappa shape index (κ3) is 3.52. The van der Waals surface area contributed by atoms with Crippen LogP contribution in [0.5, 0.6) is 0 Å². The molecule has 0 aliphatic rings. The molecule has 3 N–H and O–H groups in total. The molecule has 1 aromatic heterocycles. The van der Waals surface area contributed by atoms with Crippen LogP contribution in [0, 0.1) is 11.3 Å². The summed E-state index contributed by atoms with van der Waals surface area (Å²) in [6.45, 7) is 1.89. The molecule has 0 aromatic carbocycles. The number of nitrogens with two attached hydrogens (primary N) is 1. The Morgan fingerprint density at radius 2 is 2.33 bits per heavy atom. The molecule has 0 spiro atoms. The predicted octanol–water partition coefficient (Wildman–Crippen LogP) is -0.113. The minimum atomic E-state index is -0.624. The number of hydrogen-bond donors (Lipinski definition) is 2. The lowest BCUT2D eigenvalue weighted by atomic mass is 10.4. The molecule has 0 aliphatic carbocycles. The Bertz CT molecular complexity index is 487. The molecule has 1 rings (SSSR count). The van der Waals surface area contributed by atoms with Crippen molar-refractivity contribution >= 4 is 17.6 Å². The van der Waals surface area contributed by atoms with Gasteiger partial charge in [0.15, 0.2) is 6.61 Å². The monoisotopic (exact) mass is 250 g/mol. The van der Waals surface area contributed by atoms with Crippen LogP contribution in [-0.2, 0) is 16.1 Å². The summed E-state index contributed by atoms with van der Waals surface area (Å²) in [5, 5.41) is 10.5. The molecule has 0 unspecified atom stereocenters. The fourth-order valence-electron chi connectivity index (χ4n) is 1.36. The molecule has 0 saturated heterocycles. The number of ether oxygens (including phenoxy) is 1. The second kappa shape index (κ2) is 6.30. The standard InChI is InChI=1S/C11H14N4O3/c1-2-15-6-8(13)5-9(15)11(17)18-7-10(16)14-4-3-12/h5-6H,2,4,7,13H2,1H3,(H,14,16). The number of carbonyl (C=O) groups is 2. The van der Waals surface area contributed by atoms with Gasteiger partial charge in [-0.25, -0.2) is 4.79 Å². The highest BCUT2D eigenvalue weighted by molar-refractivity contribution is 5.91. The Labute approximate surface area is 104 Å². The molecule has 0 saturated carbocycles. The van der Waals surface area contributed by atoms with Crippen LogP contribution >= 0.6 is 0 Å². The maximum absolute atomic E-state index is 11.7. The molecule has 1 heterocycles. The van der Waals surface area contributed by atoms with Crippen LogP contribution in [0.4, 0.5) is 5.69 Å². The summed E-state index contributed by atoms with van der Waals surface area (Å²) in [6, 6.07) is 3.23. The molecule has 0 atom stereocenters. The Hall–Kier alpha value is -2.49. The minimum Gasteiger partial charge on any atom is -0.451 e. The molecule has 7 heteroatoms. The normalized spacial score (nSPS) is 9.56. The Balaban J connectivity index is 2.55. The zero-order chi connectivity index (χ0) is 13.5. The highest BCUT2D eigenvalue weighted by atomic mass is 16.5. The average Bonchev–Trinajstić information content (AvgIpc) is 2.74. The van der Waals surface area contributed by atoms with E-state index in [1.54, 1.807) is 16.8 Å². The average molecular weight is 250 g/mol. The Kier molecular flexibility index (Phi) is 4.75. The van der Waals surface area contributed by atoms with E-state index in [9.17, 15) is 9.59 Å². The van der Waals surface area contributed by atoms with Crippen molar-refractivity contribution in [2.45, 2.75) is 13.5 Å². The number of nitrogens with one attached hydrogen (secondary N) is 1. The first-order valence-electron chi connectivity index (χ1n) is 5.35. The molecule has 96 valence electrons. The van der Waals surface area contributed by atoms with Crippen LogP contribution < -0.4 is 11.1 Å². The van der Waals surface area contributed by atoms with Crippen molar-refractivity contribution < 1.29 is 14.3 Å². The highest BCUT2D eigenvalue weighted by Crippen LogP contribution is 2.11. The second-order valence-corrected chi connectivity index (χ2v) is 3.46. The maximum atomic E-state index is 11.7. The smallest absolute Gasteiger partial charge is 0.355 e. The number of esters is 1. The summed E-state index contributed by atoms with van der Waals surface area (Å²) in [4.78, 5) is 22.8. The molecular weight excluding hydrogens is 236 g/mol. The van der Waals surface area contributed by atoms with E-state index < -0.39 is 18.5 Å². The zero-order valence-electron chi connectivity index (χ0n) is 9.97. The lowest BCUT2D eigenvalue weighted by molar-refractivity contribution is -0.124. The first-order valence-corrected chi connectivity index (χ1v) is 5.35. The molecule has 1 amide bonds. The molecule has 0 radical (unpaired) electrons. The molecule has 18 heavy (non-hydrogen) atoms. The number of amides is 1. The van der Waals surface area contributed by atoms with Crippen LogP contribution in [0.2, 0.25) is 0 Å². The van der Waals surface area contributed by atoms with Gasteiger partial charge in [-0.1, -0.05) is 0 Å². The first-order chi connectivity index (χ1) is 8.58. The molecule has 7 nitrogen and oxygen atoms in total. The number of hydrogen-bond acceptors (Lipinski definition) is 5. The summed E-state index contributed by atoms with van der Waals surface area (Å²) in [6.07, 6.45) is 1.62. The highest BCUT2D eigenvalue weighted by Gasteiger charge is 2.14. The van der Waals surface area contributed by atoms with Crippen LogP contribution in [0.1, 0.15) is 17.4 Å². The number of nitriles is 1. The van der Waals surface area contributed by atoms with Gasteiger partial charge in [-0.2, -0.15) is 5.26 Å². The van der Waals surface area contributed by atoms with Gasteiger partial charge in [0.2, 0.25) is 0 Å². The number of nitrogens with zero attached hydrogens (tertiary/aromatic N) is 2. The lowest BCUT2D eigenvalue weighted by Crippen LogP contribution is -2.29. The van der Waals surface area contributed by atoms with E-state index in [2.05, 4.69) is 5.32 Å². The SMILES string of the molecule is CCn1cc(N)cc1C(=O)OCC(=O)NCC#N. The van der Waals surface area contributed by atoms with Crippen molar-refractivity contribution in [2.75, 3.05) is 18.9 Å². The van der Waals surface area contributed by atoms with Crippen LogP contribution in [0.25, 0.3) is 0 Å². The fraction of sp³-hybridized carbons (Fsp3) is 0.364. The number of aryl methyl sites for hydroxylation is 1. The van der Waals surface area contributed by atoms with Gasteiger partial charge >= 0.3 is 5.97 Å². The van der Waals surface area contributed by atoms with E-state index in [4.69, 9.17) is 15.7 Å². The van der Waals surface area contributed by atoms with Crippen LogP contribution in [-0.4, -0.2) is 29.6 Å². The molecule has 1 aromatic rings. The maximum Gasteiger partial charge on any atom is 0.355 e. The number of nitrogen functional groups attached to an aromatic ring is 1. The van der Waals surface area contributed by atoms with E-state index >= 15 is 0 Å². The van der Waals surface area contributed by atoms with Gasteiger partial charge in [0.05, 0.1) is 11.8 Å². The summed E-state index contributed by atoms with van der Waals surface area (Å²) in [7, 11) is 0. The Morgan fingerprint density at radius 1 is 1.61 bits per heavy atom. The van der Waals surface area contributed by atoms with Gasteiger partial charge < -0.3 is 20.4 Å². The molecule has 0 fully saturated rings. The fourth-order valence-corrected chi connectivity index (χ4v) is 1.36. The second-order valence-electron chi connectivity index (χ2n) is 3.46. The quantitative estimate of drug-likeness (QED) is 0.559. The number of anilines is 1. The summed E-state index contributed by atoms with van der Waals surface area (Å²) in [5.74, 6) is -1.15. The van der Waals surface area contributed by atoms with Gasteiger partial charge in [0.25, 0.3) is 5.91 Å². The van der Waals surface area contributed by atoms with E-state index in [1.807, 2.05) is 6.92 Å². The van der Waals surface area contributed by atoms with Gasteiger partial charge in [0, 0.05) is 12.7 Å². The van der Waals surface area contributed by atoms with Crippen LogP contribution in [0.3, 0.4) is 0 Å². The third-order valence-corrected chi connectivity index (χ3v) is 2.17. The van der Waals surface area contributed by atoms with Gasteiger partial charge in [0.1, 0.15) is 12.2 Å². The topological polar surface area (TPSA) is 110 Å². The number of aromatic nitrogens is 1. The number of rotatable bonds is 5. The largest absolute Gasteiger partial charge is 0.451 e. The van der Waals surface area contributed by atoms with E-state index in [0.717, 1.165) is 0 Å². The van der Waals surface area contributed by atoms with E-state index in [-0.39, 0.29) is 6.54 Å². The van der Waals surface area contributed by atoms with Crippen molar-refractivity contribution in [2.24, 2.45) is 0 Å². The molecule has 0 aliphatic heterocycles. The summed E-state index contributed by atoms with van der Waals surface area (Å²) >= 11 is 0. The molecular formula is C11H14N4O3. The van der Waals surface area contributed by atoms with Crippen molar-refractivity contribution in [3.63, 3.8) is 0 Å². The van der Waals surface area contributed by atoms with Crippen molar-refractivity contribution in [1.29, 1.82) is 5.26 Å². The van der Waals surface area contributed by atoms with E-state index in [0.29, 0.717) is 17.9 Å². The lowest BCUT2D eigenvalue weighted by Gasteiger charge is -2.06. The first kappa shape index (κ1) is 13.6. The van der Waals surface area contributed by atoms with Gasteiger partial charge in [-0.05, 0) is 13.0 Å². The number of carbonyl (C=O) groups excluding carboxylic acids is 2. The van der Waals surface area contributed by atoms with Crippen molar-refractivity contribution in [3.05, 3.63) is 18.0 Å². The Morgan fingerprint density at radius 3 is 2.94 bits per heavy atom. The van der Waals surface area contributed by atoms with Crippen molar-refractivity contribution in [1.82, 2.24) is 9.88 Å². The van der Waals surface area contributed by atoms with Gasteiger partial charge in [-0.15, -0.1) is 0 Å². The van der Waals surface area contributed by atoms with Crippen LogP contribution in [0.15, 0.2) is 12.3 Å². The third-order valence-electron chi connectivity index (χ3n) is 2.17. The zero-order valence-corrected chi connectivity index (χ0v) is 9.97. The van der Waals surface area contributed by atoms with Gasteiger partial charge in [-0.3, -0.25) is 4.79 Å². The van der Waals surface area contributed by atoms with Crippen molar-refractivity contribution in [3.8, 4) is 6.07 Å². The van der Waals surface area contributed by atoms with E-state index in [1.165, 1.54) is 6.07 Å². The molecule has 0 bridgehead atoms. The minimum absolute atomic E-state index is 0.116. The summed E-state index contributed by atoms with van der Waals surface area (Å²) < 4.78 is 6.44. The summed E-state index contributed by atoms with van der Waals surface area (Å²) in [5.41, 5.74) is 6.32.